The van der Waals surface area contributed by atoms with Gasteiger partial charge in [-0.1, -0.05) is 0 Å². The first kappa shape index (κ1) is 13.5. The Balaban J connectivity index is 2.21. The summed E-state index contributed by atoms with van der Waals surface area (Å²) in [6, 6.07) is 4.82. The number of rotatable bonds is 2. The van der Waals surface area contributed by atoms with E-state index in [1.165, 1.54) is 12.0 Å². The van der Waals surface area contributed by atoms with E-state index in [9.17, 15) is 14.4 Å². The van der Waals surface area contributed by atoms with Crippen LogP contribution >= 0.6 is 15.9 Å². The first-order chi connectivity index (χ1) is 9.01. The summed E-state index contributed by atoms with van der Waals surface area (Å²) in [5.41, 5.74) is 0.384. The van der Waals surface area contributed by atoms with Gasteiger partial charge in [-0.05, 0) is 34.1 Å². The van der Waals surface area contributed by atoms with Crippen molar-refractivity contribution >= 4 is 33.7 Å². The fourth-order valence-corrected chi connectivity index (χ4v) is 2.30. The number of ether oxygens (including phenoxy) is 1. The van der Waals surface area contributed by atoms with E-state index in [0.717, 1.165) is 0 Å². The second-order valence-electron chi connectivity index (χ2n) is 3.98. The lowest BCUT2D eigenvalue weighted by Crippen LogP contribution is -2.53. The summed E-state index contributed by atoms with van der Waals surface area (Å²) in [7, 11) is 1.52. The van der Waals surface area contributed by atoms with Gasteiger partial charge in [0.2, 0.25) is 11.8 Å². The third-order valence-corrected chi connectivity index (χ3v) is 3.25. The van der Waals surface area contributed by atoms with Crippen molar-refractivity contribution < 1.29 is 19.1 Å². The molecule has 3 amide bonds. The van der Waals surface area contributed by atoms with Crippen molar-refractivity contribution in [1.82, 2.24) is 10.2 Å². The summed E-state index contributed by atoms with van der Waals surface area (Å²) in [6.45, 7) is -0.234. The largest absolute Gasteiger partial charge is 0.496 e. The highest BCUT2D eigenvalue weighted by atomic mass is 79.9. The Hall–Kier alpha value is -1.89. The Morgan fingerprint density at radius 2 is 1.95 bits per heavy atom. The number of carbonyl (C=O) groups excluding carboxylic acids is 3. The number of nitrogens with one attached hydrogen (secondary N) is 1. The maximum absolute atomic E-state index is 12.2. The summed E-state index contributed by atoms with van der Waals surface area (Å²) in [5.74, 6) is -0.718. The fourth-order valence-electron chi connectivity index (χ4n) is 1.76. The van der Waals surface area contributed by atoms with Crippen LogP contribution in [0.2, 0.25) is 0 Å². The van der Waals surface area contributed by atoms with E-state index in [1.807, 2.05) is 0 Å². The number of carbonyl (C=O) groups is 3. The quantitative estimate of drug-likeness (QED) is 0.805. The molecule has 2 rings (SSSR count). The Morgan fingerprint density at radius 3 is 2.47 bits per heavy atom. The zero-order valence-corrected chi connectivity index (χ0v) is 11.7. The van der Waals surface area contributed by atoms with Gasteiger partial charge in [0.05, 0.1) is 11.6 Å². The van der Waals surface area contributed by atoms with Crippen LogP contribution in [0.4, 0.5) is 0 Å². The topological polar surface area (TPSA) is 75.7 Å². The smallest absolute Gasteiger partial charge is 0.254 e. The minimum Gasteiger partial charge on any atom is -0.496 e. The van der Waals surface area contributed by atoms with Gasteiger partial charge in [-0.3, -0.25) is 19.7 Å². The molecule has 0 radical (unpaired) electrons. The Kier molecular flexibility index (Phi) is 3.84. The molecule has 0 aliphatic carbocycles. The lowest BCUT2D eigenvalue weighted by Gasteiger charge is -2.25. The van der Waals surface area contributed by atoms with Crippen molar-refractivity contribution in [2.24, 2.45) is 0 Å². The number of hydrogen-bond donors (Lipinski definition) is 1. The highest BCUT2D eigenvalue weighted by molar-refractivity contribution is 9.10. The van der Waals surface area contributed by atoms with Crippen LogP contribution in [0.3, 0.4) is 0 Å². The molecule has 1 saturated heterocycles. The van der Waals surface area contributed by atoms with E-state index in [1.54, 1.807) is 18.2 Å². The molecule has 6 nitrogen and oxygen atoms in total. The summed E-state index contributed by atoms with van der Waals surface area (Å²) >= 11 is 3.28. The van der Waals surface area contributed by atoms with E-state index < -0.39 is 11.8 Å². The molecule has 1 aliphatic heterocycles. The molecular weight excluding hydrogens is 316 g/mol. The molecule has 1 aromatic rings. The van der Waals surface area contributed by atoms with Crippen LogP contribution in [-0.2, 0) is 9.59 Å². The van der Waals surface area contributed by atoms with Crippen molar-refractivity contribution in [1.29, 1.82) is 0 Å². The van der Waals surface area contributed by atoms with Crippen molar-refractivity contribution in [3.05, 3.63) is 28.2 Å². The molecule has 1 fully saturated rings. The van der Waals surface area contributed by atoms with Gasteiger partial charge >= 0.3 is 0 Å². The second kappa shape index (κ2) is 5.40. The Morgan fingerprint density at radius 1 is 1.32 bits per heavy atom. The monoisotopic (exact) mass is 326 g/mol. The number of methoxy groups -OCH3 is 1. The molecule has 1 aliphatic rings. The van der Waals surface area contributed by atoms with Crippen LogP contribution in [0.15, 0.2) is 22.7 Å². The predicted molar refractivity (Wildman–Crippen MR) is 69.7 cm³/mol. The summed E-state index contributed by atoms with van der Waals surface area (Å²) in [6.07, 6.45) is 0. The third-order valence-electron chi connectivity index (χ3n) is 2.63. The van der Waals surface area contributed by atoms with Gasteiger partial charge in [0.1, 0.15) is 18.8 Å². The molecule has 0 atom stereocenters. The molecular formula is C12H11BrN2O4. The predicted octanol–water partition coefficient (Wildman–Crippen LogP) is 0.556. The van der Waals surface area contributed by atoms with Crippen molar-refractivity contribution in [2.75, 3.05) is 20.2 Å². The summed E-state index contributed by atoms with van der Waals surface area (Å²) < 4.78 is 5.70. The van der Waals surface area contributed by atoms with Crippen LogP contribution in [0.5, 0.6) is 5.75 Å². The van der Waals surface area contributed by atoms with Crippen molar-refractivity contribution in [2.45, 2.75) is 0 Å². The maximum Gasteiger partial charge on any atom is 0.254 e. The summed E-state index contributed by atoms with van der Waals surface area (Å²) in [4.78, 5) is 35.8. The molecule has 7 heteroatoms. The molecule has 1 heterocycles. The van der Waals surface area contributed by atoms with Crippen LogP contribution in [0, 0.1) is 0 Å². The lowest BCUT2D eigenvalue weighted by atomic mass is 10.1. The van der Waals surface area contributed by atoms with E-state index in [0.29, 0.717) is 15.8 Å². The number of piperazine rings is 1. The first-order valence-corrected chi connectivity index (χ1v) is 6.26. The number of nitrogens with zero attached hydrogens (tertiary/aromatic N) is 1. The molecule has 1 N–H and O–H groups in total. The Bertz CT molecular complexity index is 543. The number of amides is 3. The van der Waals surface area contributed by atoms with Gasteiger partial charge < -0.3 is 9.64 Å². The normalized spacial score (nSPS) is 15.2. The molecule has 0 saturated carbocycles. The second-order valence-corrected chi connectivity index (χ2v) is 4.84. The van der Waals surface area contributed by atoms with E-state index in [2.05, 4.69) is 21.2 Å². The van der Waals surface area contributed by atoms with E-state index in [-0.39, 0.29) is 19.0 Å². The van der Waals surface area contributed by atoms with Crippen LogP contribution < -0.4 is 10.1 Å². The van der Waals surface area contributed by atoms with Crippen LogP contribution in [-0.4, -0.2) is 42.8 Å². The highest BCUT2D eigenvalue weighted by Gasteiger charge is 2.27. The molecule has 0 bridgehead atoms. The first-order valence-electron chi connectivity index (χ1n) is 5.46. The van der Waals surface area contributed by atoms with Gasteiger partial charge in [0.15, 0.2) is 0 Å². The molecule has 0 unspecified atom stereocenters. The molecule has 100 valence electrons. The van der Waals surface area contributed by atoms with E-state index in [4.69, 9.17) is 4.74 Å². The SMILES string of the molecule is COc1ccc(C(=O)N2CC(=O)NC(=O)C2)cc1Br. The van der Waals surface area contributed by atoms with Gasteiger partial charge in [-0.25, -0.2) is 0 Å². The maximum atomic E-state index is 12.2. The average molecular weight is 327 g/mol. The number of halogens is 1. The zero-order chi connectivity index (χ0) is 14.0. The van der Waals surface area contributed by atoms with Gasteiger partial charge in [-0.15, -0.1) is 0 Å². The Labute approximate surface area is 117 Å². The molecule has 0 spiro atoms. The number of imide groups is 1. The van der Waals surface area contributed by atoms with Crippen LogP contribution in [0.25, 0.3) is 0 Å². The van der Waals surface area contributed by atoms with E-state index >= 15 is 0 Å². The summed E-state index contributed by atoms with van der Waals surface area (Å²) in [5, 5.41) is 2.14. The molecule has 0 aromatic heterocycles. The lowest BCUT2D eigenvalue weighted by molar-refractivity contribution is -0.135. The minimum absolute atomic E-state index is 0.117. The van der Waals surface area contributed by atoms with Gasteiger partial charge in [0.25, 0.3) is 5.91 Å². The highest BCUT2D eigenvalue weighted by Crippen LogP contribution is 2.26. The van der Waals surface area contributed by atoms with Crippen molar-refractivity contribution in [3.8, 4) is 5.75 Å². The minimum atomic E-state index is -0.475. The molecule has 19 heavy (non-hydrogen) atoms. The molecule has 1 aromatic carbocycles. The average Bonchev–Trinajstić information content (AvgIpc) is 2.36. The number of benzene rings is 1. The third kappa shape index (κ3) is 2.93. The zero-order valence-electron chi connectivity index (χ0n) is 10.1. The number of hydrogen-bond acceptors (Lipinski definition) is 4. The fraction of sp³-hybridized carbons (Fsp3) is 0.250. The van der Waals surface area contributed by atoms with Gasteiger partial charge in [-0.2, -0.15) is 0 Å². The van der Waals surface area contributed by atoms with Crippen LogP contribution in [0.1, 0.15) is 10.4 Å². The van der Waals surface area contributed by atoms with Crippen molar-refractivity contribution in [3.63, 3.8) is 0 Å². The van der Waals surface area contributed by atoms with Gasteiger partial charge in [0, 0.05) is 5.56 Å². The standard InChI is InChI=1S/C12H11BrN2O4/c1-19-9-3-2-7(4-8(9)13)12(18)15-5-10(16)14-11(17)6-15/h2-4H,5-6H2,1H3,(H,14,16,17).